The molecule has 0 heterocycles. The third-order valence-corrected chi connectivity index (χ3v) is 1.99. The van der Waals surface area contributed by atoms with Gasteiger partial charge >= 0.3 is 0 Å². The highest BCUT2D eigenvalue weighted by Gasteiger charge is 2.12. The molecule has 15 heavy (non-hydrogen) atoms. The van der Waals surface area contributed by atoms with Crippen molar-refractivity contribution in [1.29, 1.82) is 0 Å². The van der Waals surface area contributed by atoms with Gasteiger partial charge in [0, 0.05) is 12.1 Å². The van der Waals surface area contributed by atoms with Gasteiger partial charge in [0.15, 0.2) is 0 Å². The highest BCUT2D eigenvalue weighted by molar-refractivity contribution is 5.93. The molecule has 0 aromatic heterocycles. The van der Waals surface area contributed by atoms with E-state index in [-0.39, 0.29) is 0 Å². The summed E-state index contributed by atoms with van der Waals surface area (Å²) in [6.45, 7) is 2.22. The highest BCUT2D eigenvalue weighted by atomic mass is 16.5. The first-order valence-electron chi connectivity index (χ1n) is 4.83. The number of rotatable bonds is 4. The van der Waals surface area contributed by atoms with Crippen molar-refractivity contribution in [3.63, 3.8) is 0 Å². The second kappa shape index (κ2) is 5.36. The Bertz CT molecular complexity index is 338. The van der Waals surface area contributed by atoms with Crippen molar-refractivity contribution >= 4 is 5.91 Å². The van der Waals surface area contributed by atoms with Gasteiger partial charge in [0.2, 0.25) is 0 Å². The highest BCUT2D eigenvalue weighted by Crippen LogP contribution is 2.13. The maximum atomic E-state index is 11.6. The van der Waals surface area contributed by atoms with E-state index in [4.69, 9.17) is 4.74 Å². The molecule has 1 N–H and O–H groups in total. The van der Waals surface area contributed by atoms with Crippen LogP contribution in [0.15, 0.2) is 24.3 Å². The van der Waals surface area contributed by atoms with Gasteiger partial charge in [-0.1, -0.05) is 13.0 Å². The molecule has 0 aliphatic carbocycles. The molecule has 0 spiro atoms. The number of benzene rings is 1. The minimum atomic E-state index is -0.407. The Kier molecular flexibility index (Phi) is 4.12. The van der Waals surface area contributed by atoms with E-state index in [1.165, 1.54) is 7.11 Å². The number of hydroxylamine groups is 2. The zero-order chi connectivity index (χ0) is 11.3. The molecule has 0 unspecified atom stereocenters. The van der Waals surface area contributed by atoms with E-state index in [9.17, 15) is 10.0 Å². The summed E-state index contributed by atoms with van der Waals surface area (Å²) in [6.07, 6.45) is 0.714. The number of nitrogens with zero attached hydrogens (tertiary/aromatic N) is 1. The van der Waals surface area contributed by atoms with Gasteiger partial charge in [-0.2, -0.15) is 0 Å². The lowest BCUT2D eigenvalue weighted by atomic mass is 10.2. The van der Waals surface area contributed by atoms with Crippen molar-refractivity contribution in [3.05, 3.63) is 29.8 Å². The first-order valence-corrected chi connectivity index (χ1v) is 4.83. The molecule has 4 heteroatoms. The average molecular weight is 209 g/mol. The lowest BCUT2D eigenvalue weighted by Crippen LogP contribution is -2.28. The fourth-order valence-electron chi connectivity index (χ4n) is 1.22. The van der Waals surface area contributed by atoms with Crippen LogP contribution in [0.25, 0.3) is 0 Å². The second-order valence-corrected chi connectivity index (χ2v) is 3.16. The smallest absolute Gasteiger partial charge is 0.277 e. The minimum Gasteiger partial charge on any atom is -0.497 e. The number of carbonyl (C=O) groups is 1. The Morgan fingerprint density at radius 3 is 2.87 bits per heavy atom. The van der Waals surface area contributed by atoms with E-state index >= 15 is 0 Å². The van der Waals surface area contributed by atoms with Crippen LogP contribution in [0.2, 0.25) is 0 Å². The fourth-order valence-corrected chi connectivity index (χ4v) is 1.22. The van der Waals surface area contributed by atoms with Crippen LogP contribution in [-0.4, -0.2) is 29.8 Å². The zero-order valence-corrected chi connectivity index (χ0v) is 8.93. The summed E-state index contributed by atoms with van der Waals surface area (Å²) in [5, 5.41) is 10.1. The van der Waals surface area contributed by atoms with E-state index in [1.54, 1.807) is 24.3 Å². The molecular weight excluding hydrogens is 194 g/mol. The summed E-state index contributed by atoms with van der Waals surface area (Å²) in [5.41, 5.74) is 0.422. The van der Waals surface area contributed by atoms with E-state index in [1.807, 2.05) is 6.92 Å². The standard InChI is InChI=1S/C11H15NO3/c1-3-7-12(14)11(13)9-5-4-6-10(8-9)15-2/h4-6,8,14H,3,7H2,1-2H3. The van der Waals surface area contributed by atoms with Gasteiger partial charge in [-0.3, -0.25) is 10.0 Å². The van der Waals surface area contributed by atoms with Crippen LogP contribution in [0.5, 0.6) is 5.75 Å². The Hall–Kier alpha value is -1.55. The summed E-state index contributed by atoms with van der Waals surface area (Å²) in [7, 11) is 1.53. The normalized spacial score (nSPS) is 9.80. The number of methoxy groups -OCH3 is 1. The van der Waals surface area contributed by atoms with E-state index in [0.29, 0.717) is 24.3 Å². The molecule has 4 nitrogen and oxygen atoms in total. The SMILES string of the molecule is CCCN(O)C(=O)c1cccc(OC)c1. The minimum absolute atomic E-state index is 0.329. The van der Waals surface area contributed by atoms with E-state index in [0.717, 1.165) is 5.06 Å². The maximum absolute atomic E-state index is 11.6. The van der Waals surface area contributed by atoms with Crippen LogP contribution >= 0.6 is 0 Å². The summed E-state index contributed by atoms with van der Waals surface area (Å²) in [4.78, 5) is 11.6. The van der Waals surface area contributed by atoms with Gasteiger partial charge in [-0.05, 0) is 24.6 Å². The van der Waals surface area contributed by atoms with Crippen molar-refractivity contribution in [2.75, 3.05) is 13.7 Å². The van der Waals surface area contributed by atoms with Crippen LogP contribution in [0, 0.1) is 0 Å². The van der Waals surface area contributed by atoms with Crippen LogP contribution in [0.3, 0.4) is 0 Å². The van der Waals surface area contributed by atoms with Crippen LogP contribution < -0.4 is 4.74 Å². The van der Waals surface area contributed by atoms with Crippen molar-refractivity contribution in [1.82, 2.24) is 5.06 Å². The van der Waals surface area contributed by atoms with Gasteiger partial charge in [0.25, 0.3) is 5.91 Å². The molecule has 0 bridgehead atoms. The quantitative estimate of drug-likeness (QED) is 0.609. The van der Waals surface area contributed by atoms with Gasteiger partial charge in [0.05, 0.1) is 7.11 Å². The molecule has 0 fully saturated rings. The molecule has 0 saturated heterocycles. The van der Waals surface area contributed by atoms with Gasteiger partial charge in [-0.25, -0.2) is 5.06 Å². The molecular formula is C11H15NO3. The third kappa shape index (κ3) is 2.95. The predicted molar refractivity (Wildman–Crippen MR) is 56.1 cm³/mol. The first kappa shape index (κ1) is 11.5. The second-order valence-electron chi connectivity index (χ2n) is 3.16. The van der Waals surface area contributed by atoms with Gasteiger partial charge in [0.1, 0.15) is 5.75 Å². The molecule has 82 valence electrons. The monoisotopic (exact) mass is 209 g/mol. The van der Waals surface area contributed by atoms with E-state index < -0.39 is 5.91 Å². The summed E-state index contributed by atoms with van der Waals surface area (Å²) in [6, 6.07) is 6.70. The number of carbonyl (C=O) groups excluding carboxylic acids is 1. The summed E-state index contributed by atoms with van der Waals surface area (Å²) >= 11 is 0. The lowest BCUT2D eigenvalue weighted by Gasteiger charge is -2.13. The molecule has 1 rings (SSSR count). The van der Waals surface area contributed by atoms with Crippen molar-refractivity contribution in [2.45, 2.75) is 13.3 Å². The number of amides is 1. The molecule has 0 saturated carbocycles. The fraction of sp³-hybridized carbons (Fsp3) is 0.364. The van der Waals surface area contributed by atoms with E-state index in [2.05, 4.69) is 0 Å². The molecule has 0 aliphatic heterocycles. The Morgan fingerprint density at radius 2 is 2.27 bits per heavy atom. The Morgan fingerprint density at radius 1 is 1.53 bits per heavy atom. The van der Waals surface area contributed by atoms with Gasteiger partial charge in [-0.15, -0.1) is 0 Å². The molecule has 1 amide bonds. The topological polar surface area (TPSA) is 49.8 Å². The first-order chi connectivity index (χ1) is 7.19. The number of hydrogen-bond acceptors (Lipinski definition) is 3. The Balaban J connectivity index is 2.81. The summed E-state index contributed by atoms with van der Waals surface area (Å²) < 4.78 is 4.99. The van der Waals surface area contributed by atoms with Crippen LogP contribution in [-0.2, 0) is 0 Å². The van der Waals surface area contributed by atoms with Crippen molar-refractivity contribution in [2.24, 2.45) is 0 Å². The molecule has 0 atom stereocenters. The average Bonchev–Trinajstić information content (AvgIpc) is 2.28. The summed E-state index contributed by atoms with van der Waals surface area (Å²) in [5.74, 6) is 0.196. The predicted octanol–water partition coefficient (Wildman–Crippen LogP) is 1.94. The molecule has 1 aromatic carbocycles. The molecule has 1 aromatic rings. The zero-order valence-electron chi connectivity index (χ0n) is 8.93. The molecule has 0 radical (unpaired) electrons. The number of hydrogen-bond donors (Lipinski definition) is 1. The number of ether oxygens (including phenoxy) is 1. The molecule has 0 aliphatic rings. The third-order valence-electron chi connectivity index (χ3n) is 1.99. The maximum Gasteiger partial charge on any atom is 0.277 e. The van der Waals surface area contributed by atoms with Crippen molar-refractivity contribution < 1.29 is 14.7 Å². The van der Waals surface area contributed by atoms with Crippen LogP contribution in [0.4, 0.5) is 0 Å². The van der Waals surface area contributed by atoms with Crippen LogP contribution in [0.1, 0.15) is 23.7 Å². The van der Waals surface area contributed by atoms with Gasteiger partial charge < -0.3 is 4.74 Å². The van der Waals surface area contributed by atoms with Crippen molar-refractivity contribution in [3.8, 4) is 5.75 Å². The lowest BCUT2D eigenvalue weighted by molar-refractivity contribution is -0.0578. The largest absolute Gasteiger partial charge is 0.497 e. The Labute approximate surface area is 89.0 Å².